The van der Waals surface area contributed by atoms with Gasteiger partial charge < -0.3 is 15.0 Å². The molecule has 0 aromatic heterocycles. The van der Waals surface area contributed by atoms with Crippen molar-refractivity contribution in [3.8, 4) is 0 Å². The summed E-state index contributed by atoms with van der Waals surface area (Å²) in [6, 6.07) is 3.35. The number of rotatable bonds is 5. The van der Waals surface area contributed by atoms with Crippen LogP contribution in [-0.4, -0.2) is 68.3 Å². The number of benzene rings is 1. The van der Waals surface area contributed by atoms with Gasteiger partial charge in [-0.1, -0.05) is 6.07 Å². The van der Waals surface area contributed by atoms with E-state index in [0.29, 0.717) is 44.2 Å². The Hall–Kier alpha value is -1.87. The molecule has 1 saturated heterocycles. The second-order valence-electron chi connectivity index (χ2n) is 6.50. The zero-order chi connectivity index (χ0) is 20.0. The van der Waals surface area contributed by atoms with Gasteiger partial charge in [0.1, 0.15) is 11.9 Å². The van der Waals surface area contributed by atoms with Gasteiger partial charge in [0.25, 0.3) is 0 Å². The maximum atomic E-state index is 13.7. The van der Waals surface area contributed by atoms with Crippen molar-refractivity contribution < 1.29 is 22.3 Å². The van der Waals surface area contributed by atoms with Crippen molar-refractivity contribution in [2.45, 2.75) is 32.3 Å². The van der Waals surface area contributed by atoms with Crippen LogP contribution in [0.15, 0.2) is 23.2 Å². The number of alkyl halides is 3. The summed E-state index contributed by atoms with van der Waals surface area (Å²) in [4.78, 5) is 7.57. The Balaban J connectivity index is 1.91. The zero-order valence-electron chi connectivity index (χ0n) is 15.8. The second-order valence-corrected chi connectivity index (χ2v) is 6.50. The molecule has 0 spiro atoms. The van der Waals surface area contributed by atoms with E-state index in [9.17, 15) is 17.6 Å². The van der Waals surface area contributed by atoms with Gasteiger partial charge in [-0.05, 0) is 24.6 Å². The molecule has 1 N–H and O–H groups in total. The van der Waals surface area contributed by atoms with E-state index in [1.165, 1.54) is 25.0 Å². The van der Waals surface area contributed by atoms with Crippen LogP contribution in [0.1, 0.15) is 18.1 Å². The molecule has 27 heavy (non-hydrogen) atoms. The monoisotopic (exact) mass is 390 g/mol. The average molecular weight is 390 g/mol. The van der Waals surface area contributed by atoms with Crippen LogP contribution in [-0.2, 0) is 17.9 Å². The minimum atomic E-state index is -4.22. The molecule has 1 fully saturated rings. The minimum absolute atomic E-state index is 0.188. The highest BCUT2D eigenvalue weighted by Gasteiger charge is 2.41. The van der Waals surface area contributed by atoms with Crippen molar-refractivity contribution in [2.24, 2.45) is 4.99 Å². The molecule has 1 aliphatic rings. The van der Waals surface area contributed by atoms with Crippen molar-refractivity contribution >= 4 is 5.96 Å². The van der Waals surface area contributed by atoms with Crippen molar-refractivity contribution in [3.63, 3.8) is 0 Å². The predicted molar refractivity (Wildman–Crippen MR) is 96.0 cm³/mol. The summed E-state index contributed by atoms with van der Waals surface area (Å²) < 4.78 is 57.2. The van der Waals surface area contributed by atoms with E-state index >= 15 is 0 Å². The quantitative estimate of drug-likeness (QED) is 0.477. The van der Waals surface area contributed by atoms with Gasteiger partial charge in [0, 0.05) is 52.4 Å². The molecule has 1 heterocycles. The molecule has 5 nitrogen and oxygen atoms in total. The van der Waals surface area contributed by atoms with Gasteiger partial charge in [-0.3, -0.25) is 9.89 Å². The standard InChI is InChI=1S/C18H26F4N4O/c1-13(18(20,21)22)25-6-8-26(9-7-25)17(23-2)24-11-14-4-5-16(19)15(10-14)12-27-3/h4-5,10,13H,6-9,11-12H2,1-3H3,(H,23,24). The highest BCUT2D eigenvalue weighted by atomic mass is 19.4. The Kier molecular flexibility index (Phi) is 7.43. The molecule has 0 saturated carbocycles. The Labute approximate surface area is 157 Å². The third-order valence-electron chi connectivity index (χ3n) is 4.71. The fraction of sp³-hybridized carbons (Fsp3) is 0.611. The summed E-state index contributed by atoms with van der Waals surface area (Å²) >= 11 is 0. The van der Waals surface area contributed by atoms with Crippen molar-refractivity contribution in [2.75, 3.05) is 40.3 Å². The molecule has 9 heteroatoms. The lowest BCUT2D eigenvalue weighted by Gasteiger charge is -2.39. The van der Waals surface area contributed by atoms with Crippen LogP contribution >= 0.6 is 0 Å². The lowest BCUT2D eigenvalue weighted by Crippen LogP contribution is -2.56. The number of hydrogen-bond acceptors (Lipinski definition) is 3. The van der Waals surface area contributed by atoms with Crippen molar-refractivity contribution in [1.29, 1.82) is 0 Å². The molecule has 0 bridgehead atoms. The van der Waals surface area contributed by atoms with E-state index in [1.54, 1.807) is 19.2 Å². The van der Waals surface area contributed by atoms with Gasteiger partial charge in [-0.25, -0.2) is 4.39 Å². The van der Waals surface area contributed by atoms with E-state index in [4.69, 9.17) is 4.74 Å². The molecule has 0 amide bonds. The molecular formula is C18H26F4N4O. The lowest BCUT2D eigenvalue weighted by molar-refractivity contribution is -0.181. The number of methoxy groups -OCH3 is 1. The lowest BCUT2D eigenvalue weighted by atomic mass is 10.1. The number of guanidine groups is 1. The van der Waals surface area contributed by atoms with Crippen LogP contribution in [0.2, 0.25) is 0 Å². The normalized spacial score (nSPS) is 17.9. The van der Waals surface area contributed by atoms with E-state index < -0.39 is 12.2 Å². The highest BCUT2D eigenvalue weighted by Crippen LogP contribution is 2.25. The Morgan fingerprint density at radius 2 is 1.93 bits per heavy atom. The third kappa shape index (κ3) is 5.80. The SMILES string of the molecule is CN=C(NCc1ccc(F)c(COC)c1)N1CCN(C(C)C(F)(F)F)CC1. The van der Waals surface area contributed by atoms with Gasteiger partial charge in [-0.15, -0.1) is 0 Å². The summed E-state index contributed by atoms with van der Waals surface area (Å²) in [5, 5.41) is 3.19. The van der Waals surface area contributed by atoms with Crippen LogP contribution in [0.25, 0.3) is 0 Å². The highest BCUT2D eigenvalue weighted by molar-refractivity contribution is 5.80. The molecule has 0 aliphatic carbocycles. The molecule has 1 unspecified atom stereocenters. The van der Waals surface area contributed by atoms with Crippen LogP contribution in [0.3, 0.4) is 0 Å². The molecule has 1 atom stereocenters. The largest absolute Gasteiger partial charge is 0.403 e. The Morgan fingerprint density at radius 3 is 2.48 bits per heavy atom. The number of piperazine rings is 1. The number of hydrogen-bond donors (Lipinski definition) is 1. The fourth-order valence-corrected chi connectivity index (χ4v) is 3.05. The summed E-state index contributed by atoms with van der Waals surface area (Å²) in [6.45, 7) is 3.36. The van der Waals surface area contributed by atoms with Crippen molar-refractivity contribution in [1.82, 2.24) is 15.1 Å². The van der Waals surface area contributed by atoms with Crippen molar-refractivity contribution in [3.05, 3.63) is 35.1 Å². The first-order chi connectivity index (χ1) is 12.8. The van der Waals surface area contributed by atoms with Gasteiger partial charge in [0.2, 0.25) is 0 Å². The number of nitrogens with one attached hydrogen (secondary N) is 1. The van der Waals surface area contributed by atoms with Crippen LogP contribution in [0, 0.1) is 5.82 Å². The zero-order valence-corrected chi connectivity index (χ0v) is 15.8. The van der Waals surface area contributed by atoms with Gasteiger partial charge in [-0.2, -0.15) is 13.2 Å². The minimum Gasteiger partial charge on any atom is -0.380 e. The van der Waals surface area contributed by atoms with E-state index in [2.05, 4.69) is 10.3 Å². The fourth-order valence-electron chi connectivity index (χ4n) is 3.05. The van der Waals surface area contributed by atoms with Gasteiger partial charge in [0.05, 0.1) is 6.61 Å². The van der Waals surface area contributed by atoms with Crippen LogP contribution in [0.5, 0.6) is 0 Å². The predicted octanol–water partition coefficient (Wildman–Crippen LogP) is 2.62. The molecular weight excluding hydrogens is 364 g/mol. The average Bonchev–Trinajstić information content (AvgIpc) is 2.64. The summed E-state index contributed by atoms with van der Waals surface area (Å²) in [5.74, 6) is 0.298. The second kappa shape index (κ2) is 9.36. The third-order valence-corrected chi connectivity index (χ3v) is 4.71. The first-order valence-electron chi connectivity index (χ1n) is 8.79. The number of halogens is 4. The van der Waals surface area contributed by atoms with Gasteiger partial charge >= 0.3 is 6.18 Å². The molecule has 1 aliphatic heterocycles. The maximum absolute atomic E-state index is 13.7. The Morgan fingerprint density at radius 1 is 1.26 bits per heavy atom. The number of nitrogens with zero attached hydrogens (tertiary/aromatic N) is 3. The Bertz CT molecular complexity index is 643. The first kappa shape index (κ1) is 21.4. The van der Waals surface area contributed by atoms with Crippen LogP contribution in [0.4, 0.5) is 17.6 Å². The van der Waals surface area contributed by atoms with Crippen LogP contribution < -0.4 is 5.32 Å². The molecule has 2 rings (SSSR count). The van der Waals surface area contributed by atoms with E-state index in [0.717, 1.165) is 5.56 Å². The first-order valence-corrected chi connectivity index (χ1v) is 8.79. The molecule has 152 valence electrons. The summed E-state index contributed by atoms with van der Waals surface area (Å²) in [6.07, 6.45) is -4.22. The van der Waals surface area contributed by atoms with E-state index in [1.807, 2.05) is 4.90 Å². The van der Waals surface area contributed by atoms with Gasteiger partial charge in [0.15, 0.2) is 5.96 Å². The summed E-state index contributed by atoms with van der Waals surface area (Å²) in [5.41, 5.74) is 1.34. The number of ether oxygens (including phenoxy) is 1. The molecule has 1 aromatic carbocycles. The maximum Gasteiger partial charge on any atom is 0.403 e. The van der Waals surface area contributed by atoms with E-state index in [-0.39, 0.29) is 12.4 Å². The smallest absolute Gasteiger partial charge is 0.380 e. The molecule has 0 radical (unpaired) electrons. The topological polar surface area (TPSA) is 40.1 Å². The summed E-state index contributed by atoms with van der Waals surface area (Å²) in [7, 11) is 3.14. The number of aliphatic imine (C=N–C) groups is 1. The molecule has 1 aromatic rings.